The van der Waals surface area contributed by atoms with Crippen molar-refractivity contribution in [3.63, 3.8) is 0 Å². The molecule has 1 aromatic heterocycles. The van der Waals surface area contributed by atoms with Crippen molar-refractivity contribution in [1.29, 1.82) is 0 Å². The lowest BCUT2D eigenvalue weighted by molar-refractivity contribution is -0.137. The van der Waals surface area contributed by atoms with Crippen molar-refractivity contribution in [3.05, 3.63) is 35.5 Å². The molecule has 0 saturated heterocycles. The third kappa shape index (κ3) is 2.71. The van der Waals surface area contributed by atoms with Crippen molar-refractivity contribution in [2.24, 2.45) is 0 Å². The normalized spacial score (nSPS) is 11.7. The van der Waals surface area contributed by atoms with Gasteiger partial charge in [0.15, 0.2) is 5.82 Å². The van der Waals surface area contributed by atoms with Gasteiger partial charge in [-0.3, -0.25) is 0 Å². The quantitative estimate of drug-likeness (QED) is 0.906. The molecule has 0 aliphatic rings. The minimum atomic E-state index is -4.37. The first-order chi connectivity index (χ1) is 9.32. The monoisotopic (exact) mass is 284 g/mol. The van der Waals surface area contributed by atoms with E-state index in [-0.39, 0.29) is 0 Å². The average Bonchev–Trinajstić information content (AvgIpc) is 2.66. The van der Waals surface area contributed by atoms with Gasteiger partial charge in [0, 0.05) is 12.2 Å². The highest BCUT2D eigenvalue weighted by atomic mass is 19.4. The number of benzene rings is 1. The molecule has 0 radical (unpaired) electrons. The number of hydrogen-bond donors (Lipinski definition) is 2. The molecule has 0 aliphatic heterocycles. The third-order valence-electron chi connectivity index (χ3n) is 2.93. The molecule has 2 aromatic rings. The van der Waals surface area contributed by atoms with Crippen LogP contribution in [0.5, 0.6) is 0 Å². The average molecular weight is 284 g/mol. The van der Waals surface area contributed by atoms with Crippen LogP contribution < -0.4 is 11.1 Å². The van der Waals surface area contributed by atoms with Crippen LogP contribution in [0.2, 0.25) is 0 Å². The van der Waals surface area contributed by atoms with Gasteiger partial charge >= 0.3 is 6.18 Å². The Morgan fingerprint density at radius 1 is 1.35 bits per heavy atom. The molecular formula is C13H15F3N4. The topological polar surface area (TPSA) is 55.9 Å². The van der Waals surface area contributed by atoms with E-state index < -0.39 is 11.7 Å². The van der Waals surface area contributed by atoms with Crippen molar-refractivity contribution in [2.45, 2.75) is 26.6 Å². The van der Waals surface area contributed by atoms with Crippen molar-refractivity contribution in [1.82, 2.24) is 9.78 Å². The Hall–Kier alpha value is -2.18. The van der Waals surface area contributed by atoms with Gasteiger partial charge in [-0.2, -0.15) is 18.3 Å². The van der Waals surface area contributed by atoms with Crippen molar-refractivity contribution in [2.75, 3.05) is 11.1 Å². The van der Waals surface area contributed by atoms with Crippen molar-refractivity contribution in [3.8, 4) is 0 Å². The molecule has 20 heavy (non-hydrogen) atoms. The maximum Gasteiger partial charge on any atom is 0.416 e. The number of rotatable bonds is 3. The van der Waals surface area contributed by atoms with E-state index in [1.165, 1.54) is 6.07 Å². The lowest BCUT2D eigenvalue weighted by atomic mass is 10.2. The van der Waals surface area contributed by atoms with Gasteiger partial charge < -0.3 is 11.1 Å². The number of nitrogen functional groups attached to an aromatic ring is 1. The fourth-order valence-corrected chi connectivity index (χ4v) is 1.87. The summed E-state index contributed by atoms with van der Waals surface area (Å²) in [6.45, 7) is 4.20. The molecule has 0 atom stereocenters. The largest absolute Gasteiger partial charge is 0.416 e. The summed E-state index contributed by atoms with van der Waals surface area (Å²) in [4.78, 5) is 0. The van der Waals surface area contributed by atoms with E-state index in [0.29, 0.717) is 29.4 Å². The first-order valence-electron chi connectivity index (χ1n) is 6.10. The second-order valence-corrected chi connectivity index (χ2v) is 4.37. The first kappa shape index (κ1) is 14.2. The summed E-state index contributed by atoms with van der Waals surface area (Å²) in [5.41, 5.74) is 6.57. The molecule has 2 rings (SSSR count). The highest BCUT2D eigenvalue weighted by Gasteiger charge is 2.30. The van der Waals surface area contributed by atoms with Crippen molar-refractivity contribution >= 4 is 17.2 Å². The number of anilines is 3. The van der Waals surface area contributed by atoms with Gasteiger partial charge in [-0.1, -0.05) is 6.07 Å². The minimum Gasteiger partial charge on any atom is -0.394 e. The van der Waals surface area contributed by atoms with Gasteiger partial charge in [-0.25, -0.2) is 4.68 Å². The van der Waals surface area contributed by atoms with Crippen LogP contribution in [0.1, 0.15) is 18.2 Å². The van der Waals surface area contributed by atoms with E-state index in [1.807, 2.05) is 6.92 Å². The summed E-state index contributed by atoms with van der Waals surface area (Å²) >= 11 is 0. The molecule has 108 valence electrons. The lowest BCUT2D eigenvalue weighted by Crippen LogP contribution is -2.07. The summed E-state index contributed by atoms with van der Waals surface area (Å²) in [5.74, 6) is 0.504. The maximum atomic E-state index is 12.7. The standard InChI is InChI=1S/C13H15F3N4/c1-3-20-12(11(17)8(2)19-20)18-10-6-4-5-9(7-10)13(14,15)16/h4-7,18H,3,17H2,1-2H3. The number of hydrogen-bond acceptors (Lipinski definition) is 3. The SMILES string of the molecule is CCn1nc(C)c(N)c1Nc1cccc(C(F)(F)F)c1. The zero-order chi connectivity index (χ0) is 14.9. The van der Waals surface area contributed by atoms with Crippen LogP contribution in [-0.2, 0) is 12.7 Å². The van der Waals surface area contributed by atoms with Crippen LogP contribution >= 0.6 is 0 Å². The summed E-state index contributed by atoms with van der Waals surface area (Å²) in [6, 6.07) is 4.97. The Labute approximate surface area is 114 Å². The Balaban J connectivity index is 2.36. The number of nitrogens with one attached hydrogen (secondary N) is 1. The fraction of sp³-hybridized carbons (Fsp3) is 0.308. The Kier molecular flexibility index (Phi) is 3.61. The minimum absolute atomic E-state index is 0.320. The lowest BCUT2D eigenvalue weighted by Gasteiger charge is -2.12. The molecule has 0 saturated carbocycles. The zero-order valence-electron chi connectivity index (χ0n) is 11.1. The molecule has 0 spiro atoms. The Bertz CT molecular complexity index is 617. The maximum absolute atomic E-state index is 12.7. The van der Waals surface area contributed by atoms with Gasteiger partial charge in [-0.15, -0.1) is 0 Å². The number of halogens is 3. The number of alkyl halides is 3. The van der Waals surface area contributed by atoms with Crippen LogP contribution in [0.15, 0.2) is 24.3 Å². The van der Waals surface area contributed by atoms with Crippen molar-refractivity contribution < 1.29 is 13.2 Å². The Morgan fingerprint density at radius 2 is 2.05 bits per heavy atom. The molecule has 0 unspecified atom stereocenters. The molecule has 7 heteroatoms. The molecule has 0 amide bonds. The van der Waals surface area contributed by atoms with Gasteiger partial charge in [0.25, 0.3) is 0 Å². The van der Waals surface area contributed by atoms with E-state index in [0.717, 1.165) is 12.1 Å². The highest BCUT2D eigenvalue weighted by molar-refractivity contribution is 5.71. The van der Waals surface area contributed by atoms with Crippen LogP contribution in [-0.4, -0.2) is 9.78 Å². The summed E-state index contributed by atoms with van der Waals surface area (Å²) in [5, 5.41) is 7.10. The highest BCUT2D eigenvalue weighted by Crippen LogP contribution is 2.32. The van der Waals surface area contributed by atoms with Gasteiger partial charge in [-0.05, 0) is 32.0 Å². The van der Waals surface area contributed by atoms with Gasteiger partial charge in [0.05, 0.1) is 16.9 Å². The number of aryl methyl sites for hydroxylation is 2. The molecular weight excluding hydrogens is 269 g/mol. The van der Waals surface area contributed by atoms with Gasteiger partial charge in [0.1, 0.15) is 0 Å². The molecule has 0 aliphatic carbocycles. The van der Waals surface area contributed by atoms with E-state index in [9.17, 15) is 13.2 Å². The predicted molar refractivity (Wildman–Crippen MR) is 71.8 cm³/mol. The van der Waals surface area contributed by atoms with E-state index in [1.54, 1.807) is 17.7 Å². The third-order valence-corrected chi connectivity index (χ3v) is 2.93. The number of nitrogens with zero attached hydrogens (tertiary/aromatic N) is 2. The molecule has 3 N–H and O–H groups in total. The van der Waals surface area contributed by atoms with Crippen LogP contribution in [0, 0.1) is 6.92 Å². The fourth-order valence-electron chi connectivity index (χ4n) is 1.87. The van der Waals surface area contributed by atoms with E-state index in [4.69, 9.17) is 5.73 Å². The smallest absolute Gasteiger partial charge is 0.394 e. The van der Waals surface area contributed by atoms with E-state index in [2.05, 4.69) is 10.4 Å². The summed E-state index contributed by atoms with van der Waals surface area (Å²) in [6.07, 6.45) is -4.37. The number of aromatic nitrogens is 2. The summed E-state index contributed by atoms with van der Waals surface area (Å²) in [7, 11) is 0. The first-order valence-corrected chi connectivity index (χ1v) is 6.10. The molecule has 0 fully saturated rings. The number of nitrogens with two attached hydrogens (primary N) is 1. The predicted octanol–water partition coefficient (Wildman–Crippen LogP) is 3.56. The molecule has 1 aromatic carbocycles. The van der Waals surface area contributed by atoms with Crippen LogP contribution in [0.4, 0.5) is 30.4 Å². The van der Waals surface area contributed by atoms with Crippen LogP contribution in [0.25, 0.3) is 0 Å². The second kappa shape index (κ2) is 5.07. The van der Waals surface area contributed by atoms with E-state index >= 15 is 0 Å². The Morgan fingerprint density at radius 3 is 2.65 bits per heavy atom. The molecule has 4 nitrogen and oxygen atoms in total. The zero-order valence-corrected chi connectivity index (χ0v) is 11.1. The molecule has 0 bridgehead atoms. The summed E-state index contributed by atoms with van der Waals surface area (Å²) < 4.78 is 39.6. The second-order valence-electron chi connectivity index (χ2n) is 4.37. The van der Waals surface area contributed by atoms with Gasteiger partial charge in [0.2, 0.25) is 0 Å². The van der Waals surface area contributed by atoms with Crippen LogP contribution in [0.3, 0.4) is 0 Å². The molecule has 1 heterocycles.